The molecule has 0 N–H and O–H groups in total. The summed E-state index contributed by atoms with van der Waals surface area (Å²) in [5.41, 5.74) is 22.5. The van der Waals surface area contributed by atoms with Crippen LogP contribution < -0.4 is 58.0 Å². The topological polar surface area (TPSA) is 0 Å². The summed E-state index contributed by atoms with van der Waals surface area (Å²) >= 11 is 0. The van der Waals surface area contributed by atoms with Crippen LogP contribution >= 0.6 is 0 Å². The summed E-state index contributed by atoms with van der Waals surface area (Å²) in [6.45, 7) is 24.0. The fourth-order valence-electron chi connectivity index (χ4n) is 10.3. The van der Waals surface area contributed by atoms with Gasteiger partial charge in [-0.25, -0.2) is 0 Å². The van der Waals surface area contributed by atoms with Crippen molar-refractivity contribution in [3.8, 4) is 0 Å². The van der Waals surface area contributed by atoms with E-state index in [2.05, 4.69) is 197 Å². The van der Waals surface area contributed by atoms with E-state index in [1.807, 2.05) is 0 Å². The molecular weight excluding hydrogens is 831 g/mol. The van der Waals surface area contributed by atoms with Crippen LogP contribution in [0.5, 0.6) is 0 Å². The van der Waals surface area contributed by atoms with E-state index in [0.29, 0.717) is 0 Å². The average Bonchev–Trinajstić information content (AvgIpc) is 3.33. The number of halogens is 3. The van der Waals surface area contributed by atoms with Crippen LogP contribution in [0, 0.1) is 69.2 Å². The van der Waals surface area contributed by atoms with Crippen molar-refractivity contribution in [1.82, 2.24) is 0 Å². The zero-order valence-electron chi connectivity index (χ0n) is 36.4. The van der Waals surface area contributed by atoms with Crippen LogP contribution in [-0.4, -0.2) is 8.07 Å². The predicted octanol–water partition coefficient (Wildman–Crippen LogP) is 1.65. The van der Waals surface area contributed by atoms with Crippen LogP contribution in [0.15, 0.2) is 127 Å². The quantitative estimate of drug-likeness (QED) is 0.112. The van der Waals surface area contributed by atoms with E-state index < -0.39 is 8.07 Å². The smallest absolute Gasteiger partial charge is 1.00 e. The third-order valence-corrected chi connectivity index (χ3v) is 18.6. The number of hydrogen-bond acceptors (Lipinski definition) is 0. The Balaban J connectivity index is 0.00000233. The molecule has 0 aromatic heterocycles. The van der Waals surface area contributed by atoms with Gasteiger partial charge in [0.2, 0.25) is 0 Å². The molecule has 0 aliphatic carbocycles. The minimum absolute atomic E-state index is 0. The van der Waals surface area contributed by atoms with Crippen molar-refractivity contribution in [1.29, 1.82) is 0 Å². The van der Waals surface area contributed by atoms with E-state index in [1.54, 1.807) is 20.7 Å². The molecule has 0 bridgehead atoms. The number of rotatable bonds is 10. The summed E-state index contributed by atoms with van der Waals surface area (Å²) in [5, 5.41) is 6.27. The maximum atomic E-state index is 2.52. The maximum absolute atomic E-state index is 3.01. The molecule has 0 unspecified atom stereocenters. The average molecular weight is 888 g/mol. The van der Waals surface area contributed by atoms with Gasteiger partial charge in [-0.15, -0.1) is 0 Å². The van der Waals surface area contributed by atoms with Gasteiger partial charge in [-0.1, -0.05) is 188 Å². The molecule has 0 amide bonds. The summed E-state index contributed by atoms with van der Waals surface area (Å²) < 4.78 is 0. The Bertz CT molecular complexity index is 2170. The molecule has 0 aliphatic rings. The van der Waals surface area contributed by atoms with Gasteiger partial charge < -0.3 is 37.2 Å². The van der Waals surface area contributed by atoms with Crippen LogP contribution in [0.4, 0.5) is 0 Å². The van der Waals surface area contributed by atoms with Crippen molar-refractivity contribution >= 4 is 28.8 Å². The number of aryl methyl sites for hydroxylation is 6. The summed E-state index contributed by atoms with van der Waals surface area (Å²) in [7, 11) is -3.01. The SMILES string of the molecule is Cc1cc(Cc2ccccc2)cc(C)c1[Si](c1c(C)cc(Cc2ccccc2)cc1C)(c1c(C)cc(Cc2ccccc2)cc1C)c1c(C)c(C)c(C)[c-]1C.[Cl-].[Cl-].[Cl-].[Ti+4]. The number of benzene rings is 6. The van der Waals surface area contributed by atoms with Gasteiger partial charge in [-0.05, 0) is 110 Å². The molecule has 302 valence electrons. The summed E-state index contributed by atoms with van der Waals surface area (Å²) in [5.74, 6) is 0. The van der Waals surface area contributed by atoms with Gasteiger partial charge in [0.25, 0.3) is 0 Å². The first-order chi connectivity index (χ1) is 26.4. The van der Waals surface area contributed by atoms with E-state index in [1.165, 1.54) is 89.0 Å². The van der Waals surface area contributed by atoms with Crippen molar-refractivity contribution in [3.05, 3.63) is 216 Å². The van der Waals surface area contributed by atoms with Crippen LogP contribution in [0.25, 0.3) is 0 Å². The van der Waals surface area contributed by atoms with Crippen molar-refractivity contribution in [2.75, 3.05) is 0 Å². The molecular formula is C54H57Cl3SiTi. The molecule has 0 spiro atoms. The van der Waals surface area contributed by atoms with E-state index in [-0.39, 0.29) is 58.9 Å². The maximum Gasteiger partial charge on any atom is 4.00 e. The molecule has 0 radical (unpaired) electrons. The Labute approximate surface area is 389 Å². The Kier molecular flexibility index (Phi) is 17.6. The van der Waals surface area contributed by atoms with Gasteiger partial charge in [0.15, 0.2) is 8.07 Å². The Morgan fingerprint density at radius 1 is 0.373 bits per heavy atom. The van der Waals surface area contributed by atoms with Crippen LogP contribution in [0.1, 0.15) is 89.0 Å². The molecule has 7 rings (SSSR count). The summed E-state index contributed by atoms with van der Waals surface area (Å²) in [6.07, 6.45) is 2.80. The largest absolute Gasteiger partial charge is 4.00 e. The molecule has 59 heavy (non-hydrogen) atoms. The molecule has 0 heterocycles. The predicted molar refractivity (Wildman–Crippen MR) is 241 cm³/mol. The van der Waals surface area contributed by atoms with Gasteiger partial charge >= 0.3 is 21.7 Å². The summed E-state index contributed by atoms with van der Waals surface area (Å²) in [6, 6.07) is 48.0. The molecule has 0 saturated carbocycles. The van der Waals surface area contributed by atoms with Crippen LogP contribution in [0.2, 0.25) is 0 Å². The van der Waals surface area contributed by atoms with E-state index in [9.17, 15) is 0 Å². The van der Waals surface area contributed by atoms with Crippen molar-refractivity contribution < 1.29 is 58.9 Å². The molecule has 5 heteroatoms. The third-order valence-electron chi connectivity index (χ3n) is 12.5. The van der Waals surface area contributed by atoms with Gasteiger partial charge in [0, 0.05) is 0 Å². The standard InChI is InChI=1S/C54H57Si.3ClH.Ti/c1-35-26-48(32-45-20-14-11-15-21-45)27-36(2)51(35)55(54-43(9)41(7)42(8)44(54)10,52-37(3)28-49(29-38(52)4)33-46-22-16-12-17-23-46)53-39(5)30-50(31-40(53)6)34-47-24-18-13-19-25-47;;;;/h11-31H,32-34H2,1-10H3;3*1H;/q-1;;;;+4/p-3. The number of hydrogen-bond donors (Lipinski definition) is 0. The second kappa shape index (κ2) is 20.8. The monoisotopic (exact) mass is 886 g/mol. The second-order valence-electron chi connectivity index (χ2n) is 16.4. The Hall–Kier alpha value is -3.53. The minimum Gasteiger partial charge on any atom is -1.00 e. The van der Waals surface area contributed by atoms with Gasteiger partial charge in [-0.2, -0.15) is 27.4 Å². The summed E-state index contributed by atoms with van der Waals surface area (Å²) in [4.78, 5) is 0. The minimum atomic E-state index is -3.01. The molecule has 7 aromatic rings. The van der Waals surface area contributed by atoms with E-state index >= 15 is 0 Å². The van der Waals surface area contributed by atoms with Gasteiger partial charge in [0.05, 0.1) is 0 Å². The normalized spacial score (nSPS) is 10.9. The van der Waals surface area contributed by atoms with Crippen LogP contribution in [-0.2, 0) is 41.0 Å². The molecule has 7 aromatic carbocycles. The first kappa shape index (κ1) is 49.8. The fourth-order valence-corrected chi connectivity index (χ4v) is 17.2. The van der Waals surface area contributed by atoms with Gasteiger partial charge in [0.1, 0.15) is 0 Å². The van der Waals surface area contributed by atoms with Crippen molar-refractivity contribution in [2.45, 2.75) is 88.5 Å². The third kappa shape index (κ3) is 9.68. The molecule has 0 saturated heterocycles. The molecule has 0 aliphatic heterocycles. The van der Waals surface area contributed by atoms with E-state index in [4.69, 9.17) is 0 Å². The van der Waals surface area contributed by atoms with Crippen molar-refractivity contribution in [2.24, 2.45) is 0 Å². The second-order valence-corrected chi connectivity index (χ2v) is 19.9. The zero-order chi connectivity index (χ0) is 39.0. The Morgan fingerprint density at radius 3 is 0.847 bits per heavy atom. The first-order valence-corrected chi connectivity index (χ1v) is 22.1. The Morgan fingerprint density at radius 2 is 0.627 bits per heavy atom. The first-order valence-electron chi connectivity index (χ1n) is 20.1. The van der Waals surface area contributed by atoms with Crippen LogP contribution in [0.3, 0.4) is 0 Å². The molecule has 0 atom stereocenters. The molecule has 0 nitrogen and oxygen atoms in total. The van der Waals surface area contributed by atoms with E-state index in [0.717, 1.165) is 19.3 Å². The molecule has 0 fully saturated rings. The zero-order valence-corrected chi connectivity index (χ0v) is 41.2. The van der Waals surface area contributed by atoms with Crippen molar-refractivity contribution in [3.63, 3.8) is 0 Å². The fraction of sp³-hybridized carbons (Fsp3) is 0.241. The van der Waals surface area contributed by atoms with Gasteiger partial charge in [-0.3, -0.25) is 0 Å².